The molecule has 6 nitrogen and oxygen atoms in total. The molecular formula is C13H11N3O3. The van der Waals surface area contributed by atoms with Crippen molar-refractivity contribution in [3.63, 3.8) is 0 Å². The summed E-state index contributed by atoms with van der Waals surface area (Å²) in [5, 5.41) is 22.1. The molecular weight excluding hydrogens is 246 g/mol. The fraction of sp³-hybridized carbons (Fsp3) is 0.231. The molecule has 0 fully saturated rings. The number of nitro benzene ring substituents is 1. The lowest BCUT2D eigenvalue weighted by atomic mass is 10.1. The summed E-state index contributed by atoms with van der Waals surface area (Å²) in [5.74, 6) is 5.42. The van der Waals surface area contributed by atoms with Crippen LogP contribution in [-0.2, 0) is 4.79 Å². The molecule has 6 heteroatoms. The topological polar surface area (TPSA) is 96.0 Å². The maximum absolute atomic E-state index is 10.6. The number of carbonyl (C=O) groups is 1. The molecule has 0 aromatic heterocycles. The quantitative estimate of drug-likeness (QED) is 0.382. The number of carbonyl (C=O) groups excluding carboxylic acids is 1. The molecule has 0 bridgehead atoms. The number of non-ortho nitro benzene ring substituents is 1. The van der Waals surface area contributed by atoms with Gasteiger partial charge in [-0.05, 0) is 6.07 Å². The standard InChI is InChI=1S/C13H11N3O3/c1-10(17)15-7-3-2-4-11-5-6-13(16(18)19)8-12(11)9-14/h5-6,8H,3,7H2,1H3,(H,15,17). The Kier molecular flexibility index (Phi) is 5.06. The van der Waals surface area contributed by atoms with Crippen molar-refractivity contribution >= 4 is 11.6 Å². The highest BCUT2D eigenvalue weighted by molar-refractivity contribution is 5.72. The van der Waals surface area contributed by atoms with Crippen molar-refractivity contribution in [1.29, 1.82) is 5.26 Å². The van der Waals surface area contributed by atoms with Gasteiger partial charge < -0.3 is 5.32 Å². The van der Waals surface area contributed by atoms with E-state index >= 15 is 0 Å². The molecule has 0 radical (unpaired) electrons. The van der Waals surface area contributed by atoms with Gasteiger partial charge in [-0.1, -0.05) is 11.8 Å². The van der Waals surface area contributed by atoms with E-state index in [1.165, 1.54) is 25.1 Å². The highest BCUT2D eigenvalue weighted by Gasteiger charge is 2.08. The average molecular weight is 257 g/mol. The summed E-state index contributed by atoms with van der Waals surface area (Å²) in [4.78, 5) is 20.6. The van der Waals surface area contributed by atoms with Crippen LogP contribution >= 0.6 is 0 Å². The van der Waals surface area contributed by atoms with E-state index in [2.05, 4.69) is 17.2 Å². The summed E-state index contributed by atoms with van der Waals surface area (Å²) in [7, 11) is 0. The number of nitrogens with zero attached hydrogens (tertiary/aromatic N) is 2. The molecule has 1 aromatic rings. The van der Waals surface area contributed by atoms with Gasteiger partial charge >= 0.3 is 0 Å². The van der Waals surface area contributed by atoms with Gasteiger partial charge in [-0.25, -0.2) is 0 Å². The van der Waals surface area contributed by atoms with Crippen LogP contribution < -0.4 is 5.32 Å². The van der Waals surface area contributed by atoms with Crippen LogP contribution in [0, 0.1) is 33.3 Å². The van der Waals surface area contributed by atoms with Gasteiger partial charge in [0.2, 0.25) is 5.91 Å². The Morgan fingerprint density at radius 3 is 2.79 bits per heavy atom. The average Bonchev–Trinajstić information content (AvgIpc) is 2.37. The van der Waals surface area contributed by atoms with Crippen LogP contribution in [0.4, 0.5) is 5.69 Å². The predicted octanol–water partition coefficient (Wildman–Crippen LogP) is 1.34. The van der Waals surface area contributed by atoms with E-state index in [4.69, 9.17) is 5.26 Å². The summed E-state index contributed by atoms with van der Waals surface area (Å²) in [6.45, 7) is 1.84. The predicted molar refractivity (Wildman–Crippen MR) is 68.0 cm³/mol. The Morgan fingerprint density at radius 2 is 2.21 bits per heavy atom. The Bertz CT molecular complexity index is 606. The van der Waals surface area contributed by atoms with Crippen LogP contribution in [0.3, 0.4) is 0 Å². The smallest absolute Gasteiger partial charge is 0.270 e. The van der Waals surface area contributed by atoms with Crippen molar-refractivity contribution in [1.82, 2.24) is 5.32 Å². The Balaban J connectivity index is 2.79. The zero-order valence-corrected chi connectivity index (χ0v) is 10.3. The van der Waals surface area contributed by atoms with Crippen molar-refractivity contribution in [2.24, 2.45) is 0 Å². The normalized spacial score (nSPS) is 8.84. The lowest BCUT2D eigenvalue weighted by Gasteiger charge is -1.96. The SMILES string of the molecule is CC(=O)NCCC#Cc1ccc([N+](=O)[O-])cc1C#N. The molecule has 96 valence electrons. The number of hydrogen-bond acceptors (Lipinski definition) is 4. The second-order valence-corrected chi connectivity index (χ2v) is 3.63. The molecule has 1 amide bonds. The van der Waals surface area contributed by atoms with E-state index in [0.29, 0.717) is 18.5 Å². The lowest BCUT2D eigenvalue weighted by Crippen LogP contribution is -2.20. The summed E-state index contributed by atoms with van der Waals surface area (Å²) in [5.41, 5.74) is 0.470. The largest absolute Gasteiger partial charge is 0.355 e. The molecule has 0 aliphatic heterocycles. The van der Waals surface area contributed by atoms with Crippen molar-refractivity contribution in [3.8, 4) is 17.9 Å². The van der Waals surface area contributed by atoms with E-state index in [9.17, 15) is 14.9 Å². The number of nitriles is 1. The van der Waals surface area contributed by atoms with Gasteiger partial charge in [-0.2, -0.15) is 5.26 Å². The Hall–Kier alpha value is -2.86. The molecule has 1 rings (SSSR count). The first-order chi connectivity index (χ1) is 9.04. The lowest BCUT2D eigenvalue weighted by molar-refractivity contribution is -0.384. The van der Waals surface area contributed by atoms with E-state index < -0.39 is 4.92 Å². The van der Waals surface area contributed by atoms with Gasteiger partial charge in [0, 0.05) is 37.6 Å². The zero-order valence-electron chi connectivity index (χ0n) is 10.3. The number of nitro groups is 1. The number of hydrogen-bond donors (Lipinski definition) is 1. The summed E-state index contributed by atoms with van der Waals surface area (Å²) in [6.07, 6.45) is 0.446. The highest BCUT2D eigenvalue weighted by atomic mass is 16.6. The van der Waals surface area contributed by atoms with Crippen molar-refractivity contribution in [3.05, 3.63) is 39.4 Å². The van der Waals surface area contributed by atoms with Crippen molar-refractivity contribution in [2.75, 3.05) is 6.54 Å². The molecule has 1 N–H and O–H groups in total. The van der Waals surface area contributed by atoms with Crippen LogP contribution in [0.25, 0.3) is 0 Å². The summed E-state index contributed by atoms with van der Waals surface area (Å²) < 4.78 is 0. The van der Waals surface area contributed by atoms with Gasteiger partial charge in [-0.15, -0.1) is 0 Å². The number of nitrogens with one attached hydrogen (secondary N) is 1. The summed E-state index contributed by atoms with van der Waals surface area (Å²) in [6, 6.07) is 5.82. The fourth-order valence-electron chi connectivity index (χ4n) is 1.31. The molecule has 0 saturated heterocycles. The van der Waals surface area contributed by atoms with E-state index in [0.717, 1.165) is 0 Å². The number of amides is 1. The molecule has 1 aromatic carbocycles. The minimum Gasteiger partial charge on any atom is -0.355 e. The molecule has 19 heavy (non-hydrogen) atoms. The molecule has 0 spiro atoms. The van der Waals surface area contributed by atoms with Gasteiger partial charge in [0.05, 0.1) is 10.5 Å². The Labute approximate surface area is 110 Å². The fourth-order valence-corrected chi connectivity index (χ4v) is 1.31. The van der Waals surface area contributed by atoms with Gasteiger partial charge in [0.25, 0.3) is 5.69 Å². The third kappa shape index (κ3) is 4.49. The molecule has 0 unspecified atom stereocenters. The number of benzene rings is 1. The van der Waals surface area contributed by atoms with E-state index in [1.54, 1.807) is 0 Å². The van der Waals surface area contributed by atoms with Gasteiger partial charge in [-0.3, -0.25) is 14.9 Å². The Morgan fingerprint density at radius 1 is 1.47 bits per heavy atom. The third-order valence-corrected chi connectivity index (χ3v) is 2.18. The van der Waals surface area contributed by atoms with Crippen molar-refractivity contribution < 1.29 is 9.72 Å². The molecule has 0 aliphatic rings. The second kappa shape index (κ2) is 6.77. The van der Waals surface area contributed by atoms with E-state index in [1.807, 2.05) is 6.07 Å². The second-order valence-electron chi connectivity index (χ2n) is 3.63. The first kappa shape index (κ1) is 14.2. The number of rotatable bonds is 3. The van der Waals surface area contributed by atoms with Crippen LogP contribution in [0.5, 0.6) is 0 Å². The molecule has 0 heterocycles. The first-order valence-electron chi connectivity index (χ1n) is 5.46. The molecule has 0 atom stereocenters. The molecule has 0 saturated carbocycles. The van der Waals surface area contributed by atoms with Crippen LogP contribution in [-0.4, -0.2) is 17.4 Å². The van der Waals surface area contributed by atoms with Gasteiger partial charge in [0.15, 0.2) is 0 Å². The molecule has 0 aliphatic carbocycles. The maximum atomic E-state index is 10.6. The van der Waals surface area contributed by atoms with E-state index in [-0.39, 0.29) is 17.2 Å². The van der Waals surface area contributed by atoms with Crippen LogP contribution in [0.2, 0.25) is 0 Å². The minimum atomic E-state index is -0.561. The van der Waals surface area contributed by atoms with Crippen molar-refractivity contribution in [2.45, 2.75) is 13.3 Å². The first-order valence-corrected chi connectivity index (χ1v) is 5.46. The highest BCUT2D eigenvalue weighted by Crippen LogP contribution is 2.16. The van der Waals surface area contributed by atoms with Crippen LogP contribution in [0.15, 0.2) is 18.2 Å². The van der Waals surface area contributed by atoms with Crippen LogP contribution in [0.1, 0.15) is 24.5 Å². The van der Waals surface area contributed by atoms with Gasteiger partial charge in [0.1, 0.15) is 6.07 Å². The summed E-state index contributed by atoms with van der Waals surface area (Å²) >= 11 is 0. The third-order valence-electron chi connectivity index (χ3n) is 2.18. The minimum absolute atomic E-state index is 0.130. The monoisotopic (exact) mass is 257 g/mol. The maximum Gasteiger partial charge on any atom is 0.270 e. The zero-order chi connectivity index (χ0) is 14.3.